The monoisotopic (exact) mass is 237 g/mol. The first-order chi connectivity index (χ1) is 7.79. The van der Waals surface area contributed by atoms with Gasteiger partial charge in [0.1, 0.15) is 0 Å². The van der Waals surface area contributed by atoms with Crippen molar-refractivity contribution in [1.82, 2.24) is 20.0 Å². The molecule has 0 saturated heterocycles. The van der Waals surface area contributed by atoms with E-state index in [-0.39, 0.29) is 0 Å². The average molecular weight is 238 g/mol. The number of pyridine rings is 1. The van der Waals surface area contributed by atoms with E-state index in [1.165, 1.54) is 0 Å². The fourth-order valence-electron chi connectivity index (χ4n) is 1.38. The Kier molecular flexibility index (Phi) is 3.48. The molecule has 2 aromatic heterocycles. The summed E-state index contributed by atoms with van der Waals surface area (Å²) < 4.78 is 1.74. The van der Waals surface area contributed by atoms with Gasteiger partial charge in [-0.1, -0.05) is 16.8 Å². The van der Waals surface area contributed by atoms with Gasteiger partial charge in [0.2, 0.25) is 0 Å². The molecule has 2 N–H and O–H groups in total. The third-order valence-electron chi connectivity index (χ3n) is 2.18. The topological polar surface area (TPSA) is 69.6 Å². The molecule has 0 spiro atoms. The largest absolute Gasteiger partial charge is 0.330 e. The number of rotatable bonds is 4. The zero-order valence-electron chi connectivity index (χ0n) is 8.67. The fourth-order valence-corrected chi connectivity index (χ4v) is 1.56. The third-order valence-corrected chi connectivity index (χ3v) is 2.52. The second-order valence-corrected chi connectivity index (χ2v) is 3.82. The molecule has 84 valence electrons. The van der Waals surface area contributed by atoms with Gasteiger partial charge in [0.25, 0.3) is 0 Å². The second-order valence-electron chi connectivity index (χ2n) is 3.41. The Morgan fingerprint density at radius 1 is 1.44 bits per heavy atom. The first-order valence-electron chi connectivity index (χ1n) is 4.97. The number of nitrogens with zero attached hydrogens (tertiary/aromatic N) is 4. The maximum atomic E-state index is 6.00. The van der Waals surface area contributed by atoms with Crippen LogP contribution in [0.1, 0.15) is 11.3 Å². The van der Waals surface area contributed by atoms with E-state index in [1.807, 2.05) is 12.3 Å². The first kappa shape index (κ1) is 11.0. The van der Waals surface area contributed by atoms with Gasteiger partial charge >= 0.3 is 0 Å². The Hall–Kier alpha value is -1.46. The lowest BCUT2D eigenvalue weighted by atomic mass is 10.2. The molecule has 0 fully saturated rings. The molecule has 0 unspecified atom stereocenters. The Morgan fingerprint density at radius 2 is 2.31 bits per heavy atom. The minimum Gasteiger partial charge on any atom is -0.330 e. The van der Waals surface area contributed by atoms with Gasteiger partial charge < -0.3 is 5.73 Å². The van der Waals surface area contributed by atoms with Gasteiger partial charge in [-0.2, -0.15) is 0 Å². The van der Waals surface area contributed by atoms with E-state index in [2.05, 4.69) is 15.3 Å². The van der Waals surface area contributed by atoms with Gasteiger partial charge in [-0.15, -0.1) is 5.10 Å². The van der Waals surface area contributed by atoms with Crippen LogP contribution in [0.5, 0.6) is 0 Å². The van der Waals surface area contributed by atoms with Crippen molar-refractivity contribution in [2.75, 3.05) is 6.54 Å². The molecule has 16 heavy (non-hydrogen) atoms. The third kappa shape index (κ3) is 2.56. The summed E-state index contributed by atoms with van der Waals surface area (Å²) in [5.41, 5.74) is 7.31. The molecule has 0 radical (unpaired) electrons. The summed E-state index contributed by atoms with van der Waals surface area (Å²) in [6, 6.07) is 1.87. The first-order valence-corrected chi connectivity index (χ1v) is 5.35. The molecule has 5 nitrogen and oxygen atoms in total. The van der Waals surface area contributed by atoms with Crippen LogP contribution in [0.25, 0.3) is 0 Å². The normalized spacial score (nSPS) is 10.6. The molecule has 2 heterocycles. The van der Waals surface area contributed by atoms with E-state index < -0.39 is 0 Å². The van der Waals surface area contributed by atoms with Crippen LogP contribution in [0.2, 0.25) is 5.02 Å². The molecular weight excluding hydrogens is 226 g/mol. The lowest BCUT2D eigenvalue weighted by molar-refractivity contribution is 0.648. The SMILES string of the molecule is NCCc1cn(Cc2ccncc2Cl)nn1. The Bertz CT molecular complexity index is 468. The van der Waals surface area contributed by atoms with Crippen LogP contribution in [0.3, 0.4) is 0 Å². The smallest absolute Gasteiger partial charge is 0.0839 e. The van der Waals surface area contributed by atoms with Gasteiger partial charge in [0, 0.05) is 25.0 Å². The van der Waals surface area contributed by atoms with Crippen molar-refractivity contribution in [2.45, 2.75) is 13.0 Å². The lowest BCUT2D eigenvalue weighted by Gasteiger charge is -2.02. The second kappa shape index (κ2) is 5.05. The zero-order chi connectivity index (χ0) is 11.4. The Balaban J connectivity index is 2.11. The molecule has 0 aromatic carbocycles. The van der Waals surface area contributed by atoms with Gasteiger partial charge in [-0.05, 0) is 18.2 Å². The highest BCUT2D eigenvalue weighted by molar-refractivity contribution is 6.31. The predicted octanol–water partition coefficient (Wildman–Crippen LogP) is 0.876. The molecule has 0 atom stereocenters. The number of hydrogen-bond donors (Lipinski definition) is 1. The van der Waals surface area contributed by atoms with Crippen LogP contribution < -0.4 is 5.73 Å². The van der Waals surface area contributed by atoms with Gasteiger partial charge in [0.15, 0.2) is 0 Å². The Morgan fingerprint density at radius 3 is 3.06 bits per heavy atom. The van der Waals surface area contributed by atoms with Gasteiger partial charge in [0.05, 0.1) is 17.3 Å². The van der Waals surface area contributed by atoms with E-state index in [4.69, 9.17) is 17.3 Å². The summed E-state index contributed by atoms with van der Waals surface area (Å²) in [6.45, 7) is 1.17. The standard InChI is InChI=1S/C10H12ClN5/c11-10-5-13-4-2-8(10)6-16-7-9(1-3-12)14-15-16/h2,4-5,7H,1,3,6,12H2. The molecule has 0 aliphatic carbocycles. The van der Waals surface area contributed by atoms with Gasteiger partial charge in [-0.3, -0.25) is 4.98 Å². The van der Waals surface area contributed by atoms with Crippen LogP contribution in [0, 0.1) is 0 Å². The molecule has 2 aromatic rings. The maximum absolute atomic E-state index is 6.00. The van der Waals surface area contributed by atoms with Crippen molar-refractivity contribution in [3.63, 3.8) is 0 Å². The van der Waals surface area contributed by atoms with Crippen LogP contribution in [0.4, 0.5) is 0 Å². The van der Waals surface area contributed by atoms with Crippen LogP contribution in [-0.2, 0) is 13.0 Å². The maximum Gasteiger partial charge on any atom is 0.0839 e. The van der Waals surface area contributed by atoms with Crippen molar-refractivity contribution in [2.24, 2.45) is 5.73 Å². The summed E-state index contributed by atoms with van der Waals surface area (Å²) in [7, 11) is 0. The minimum atomic E-state index is 0.578. The highest BCUT2D eigenvalue weighted by Gasteiger charge is 2.03. The molecule has 0 aliphatic rings. The van der Waals surface area contributed by atoms with E-state index in [0.717, 1.165) is 17.7 Å². The van der Waals surface area contributed by atoms with Crippen molar-refractivity contribution in [1.29, 1.82) is 0 Å². The van der Waals surface area contributed by atoms with Crippen molar-refractivity contribution < 1.29 is 0 Å². The summed E-state index contributed by atoms with van der Waals surface area (Å²) in [5, 5.41) is 8.65. The summed E-state index contributed by atoms with van der Waals surface area (Å²) in [4.78, 5) is 3.93. The molecular formula is C10H12ClN5. The molecule has 6 heteroatoms. The van der Waals surface area contributed by atoms with E-state index in [1.54, 1.807) is 17.1 Å². The molecule has 0 aliphatic heterocycles. The number of aromatic nitrogens is 4. The Labute approximate surface area is 98.2 Å². The predicted molar refractivity (Wildman–Crippen MR) is 61.1 cm³/mol. The van der Waals surface area contributed by atoms with Crippen molar-refractivity contribution in [3.05, 3.63) is 40.9 Å². The lowest BCUT2D eigenvalue weighted by Crippen LogP contribution is -2.03. The van der Waals surface area contributed by atoms with Crippen molar-refractivity contribution >= 4 is 11.6 Å². The number of nitrogens with two attached hydrogens (primary N) is 1. The van der Waals surface area contributed by atoms with E-state index in [0.29, 0.717) is 18.1 Å². The summed E-state index contributed by atoms with van der Waals surface area (Å²) in [5.74, 6) is 0. The molecule has 0 saturated carbocycles. The highest BCUT2D eigenvalue weighted by atomic mass is 35.5. The fraction of sp³-hybridized carbons (Fsp3) is 0.300. The highest BCUT2D eigenvalue weighted by Crippen LogP contribution is 2.14. The molecule has 2 rings (SSSR count). The van der Waals surface area contributed by atoms with Gasteiger partial charge in [-0.25, -0.2) is 4.68 Å². The summed E-state index contributed by atoms with van der Waals surface area (Å²) in [6.07, 6.45) is 5.95. The molecule has 0 amide bonds. The number of halogens is 1. The average Bonchev–Trinajstić information content (AvgIpc) is 2.70. The van der Waals surface area contributed by atoms with E-state index >= 15 is 0 Å². The summed E-state index contributed by atoms with van der Waals surface area (Å²) >= 11 is 6.00. The van der Waals surface area contributed by atoms with Crippen LogP contribution in [-0.4, -0.2) is 26.5 Å². The van der Waals surface area contributed by atoms with Crippen LogP contribution in [0.15, 0.2) is 24.7 Å². The van der Waals surface area contributed by atoms with E-state index in [9.17, 15) is 0 Å². The van der Waals surface area contributed by atoms with Crippen LogP contribution >= 0.6 is 11.6 Å². The number of hydrogen-bond acceptors (Lipinski definition) is 4. The van der Waals surface area contributed by atoms with Crippen molar-refractivity contribution in [3.8, 4) is 0 Å². The quantitative estimate of drug-likeness (QED) is 0.857. The zero-order valence-corrected chi connectivity index (χ0v) is 9.43. The minimum absolute atomic E-state index is 0.578. The molecule has 0 bridgehead atoms.